The monoisotopic (exact) mass is 247 g/mol. The lowest BCUT2D eigenvalue weighted by Gasteiger charge is -2.33. The van der Waals surface area contributed by atoms with Crippen molar-refractivity contribution in [1.82, 2.24) is 0 Å². The molecule has 0 aromatic carbocycles. The average Bonchev–Trinajstić information content (AvgIpc) is 2.62. The van der Waals surface area contributed by atoms with Gasteiger partial charge < -0.3 is 10.5 Å². The fourth-order valence-electron chi connectivity index (χ4n) is 1.45. The molecule has 4 heteroatoms. The van der Waals surface area contributed by atoms with Gasteiger partial charge in [0, 0.05) is 18.0 Å². The third kappa shape index (κ3) is 3.18. The number of nitrogens with two attached hydrogens (primary N) is 1. The molecule has 2 atom stereocenters. The summed E-state index contributed by atoms with van der Waals surface area (Å²) in [6.07, 6.45) is 1.72. The van der Waals surface area contributed by atoms with Crippen LogP contribution in [-0.2, 0) is 11.2 Å². The molecule has 0 fully saturated rings. The second-order valence-corrected chi connectivity index (χ2v) is 5.69. The Labute approximate surface area is 100 Å². The maximum absolute atomic E-state index is 6.15. The summed E-state index contributed by atoms with van der Waals surface area (Å²) < 4.78 is 6.29. The zero-order chi connectivity index (χ0) is 11.5. The van der Waals surface area contributed by atoms with E-state index in [1.165, 1.54) is 4.88 Å². The van der Waals surface area contributed by atoms with Crippen LogP contribution in [0.15, 0.2) is 12.1 Å². The van der Waals surface area contributed by atoms with Crippen LogP contribution in [0.4, 0.5) is 0 Å². The molecule has 0 aliphatic rings. The summed E-state index contributed by atoms with van der Waals surface area (Å²) in [5.41, 5.74) is 5.90. The molecule has 15 heavy (non-hydrogen) atoms. The second-order valence-electron chi connectivity index (χ2n) is 3.89. The van der Waals surface area contributed by atoms with Crippen molar-refractivity contribution < 1.29 is 4.74 Å². The SMILES string of the molecule is CCC(C)(OC)C(N)Cc1ccc(Cl)s1. The van der Waals surface area contributed by atoms with E-state index in [1.807, 2.05) is 19.1 Å². The van der Waals surface area contributed by atoms with Gasteiger partial charge in [-0.05, 0) is 31.9 Å². The molecule has 1 aromatic heterocycles. The lowest BCUT2D eigenvalue weighted by Crippen LogP contribution is -2.47. The third-order valence-electron chi connectivity index (χ3n) is 3.00. The van der Waals surface area contributed by atoms with Crippen molar-refractivity contribution in [2.75, 3.05) is 7.11 Å². The minimum Gasteiger partial charge on any atom is -0.377 e. The summed E-state index contributed by atoms with van der Waals surface area (Å²) in [6.45, 7) is 4.14. The maximum atomic E-state index is 6.15. The van der Waals surface area contributed by atoms with Gasteiger partial charge >= 0.3 is 0 Å². The van der Waals surface area contributed by atoms with Gasteiger partial charge in [-0.1, -0.05) is 18.5 Å². The van der Waals surface area contributed by atoms with Gasteiger partial charge in [0.15, 0.2) is 0 Å². The van der Waals surface area contributed by atoms with E-state index in [4.69, 9.17) is 22.1 Å². The van der Waals surface area contributed by atoms with Crippen molar-refractivity contribution >= 4 is 22.9 Å². The molecule has 86 valence electrons. The lowest BCUT2D eigenvalue weighted by molar-refractivity contribution is -0.0182. The smallest absolute Gasteiger partial charge is 0.0931 e. The Hall–Kier alpha value is -0.0900. The molecule has 2 N–H and O–H groups in total. The Balaban J connectivity index is 2.65. The summed E-state index contributed by atoms with van der Waals surface area (Å²) >= 11 is 7.46. The molecule has 0 saturated heterocycles. The van der Waals surface area contributed by atoms with Gasteiger partial charge in [-0.2, -0.15) is 0 Å². The molecule has 0 radical (unpaired) electrons. The molecule has 2 nitrogen and oxygen atoms in total. The highest BCUT2D eigenvalue weighted by Crippen LogP contribution is 2.26. The molecule has 0 saturated carbocycles. The predicted molar refractivity (Wildman–Crippen MR) is 66.7 cm³/mol. The number of methoxy groups -OCH3 is 1. The molecule has 2 unspecified atom stereocenters. The van der Waals surface area contributed by atoms with E-state index in [-0.39, 0.29) is 11.6 Å². The first-order valence-corrected chi connectivity index (χ1v) is 6.26. The van der Waals surface area contributed by atoms with Gasteiger partial charge in [0.2, 0.25) is 0 Å². The van der Waals surface area contributed by atoms with E-state index in [0.29, 0.717) is 0 Å². The topological polar surface area (TPSA) is 35.2 Å². The van der Waals surface area contributed by atoms with Crippen LogP contribution in [0.1, 0.15) is 25.1 Å². The molecule has 0 aliphatic carbocycles. The van der Waals surface area contributed by atoms with Crippen LogP contribution in [0, 0.1) is 0 Å². The highest BCUT2D eigenvalue weighted by Gasteiger charge is 2.29. The molecule has 0 aliphatic heterocycles. The van der Waals surface area contributed by atoms with Gasteiger partial charge in [-0.3, -0.25) is 0 Å². The van der Waals surface area contributed by atoms with Gasteiger partial charge in [0.05, 0.1) is 9.94 Å². The van der Waals surface area contributed by atoms with E-state index in [9.17, 15) is 0 Å². The molecule has 0 amide bonds. The van der Waals surface area contributed by atoms with Crippen molar-refractivity contribution in [3.63, 3.8) is 0 Å². The zero-order valence-corrected chi connectivity index (χ0v) is 11.0. The number of rotatable bonds is 5. The van der Waals surface area contributed by atoms with E-state index >= 15 is 0 Å². The lowest BCUT2D eigenvalue weighted by atomic mass is 9.91. The summed E-state index contributed by atoms with van der Waals surface area (Å²) in [4.78, 5) is 1.21. The highest BCUT2D eigenvalue weighted by atomic mass is 35.5. The van der Waals surface area contributed by atoms with Gasteiger partial charge in [0.1, 0.15) is 0 Å². The van der Waals surface area contributed by atoms with Crippen LogP contribution in [-0.4, -0.2) is 18.8 Å². The number of halogens is 1. The number of hydrogen-bond acceptors (Lipinski definition) is 3. The molecular weight excluding hydrogens is 230 g/mol. The summed E-state index contributed by atoms with van der Waals surface area (Å²) in [6, 6.07) is 3.94. The summed E-state index contributed by atoms with van der Waals surface area (Å²) in [7, 11) is 1.71. The normalized spacial score (nSPS) is 17.4. The van der Waals surface area contributed by atoms with Crippen LogP contribution in [0.25, 0.3) is 0 Å². The quantitative estimate of drug-likeness (QED) is 0.868. The van der Waals surface area contributed by atoms with Crippen LogP contribution < -0.4 is 5.73 Å². The number of thiophene rings is 1. The minimum absolute atomic E-state index is 0.00205. The highest BCUT2D eigenvalue weighted by molar-refractivity contribution is 7.16. The maximum Gasteiger partial charge on any atom is 0.0931 e. The first kappa shape index (κ1) is 13.0. The summed E-state index contributed by atoms with van der Waals surface area (Å²) in [5, 5.41) is 0. The van der Waals surface area contributed by atoms with Crippen molar-refractivity contribution in [3.05, 3.63) is 21.3 Å². The van der Waals surface area contributed by atoms with E-state index < -0.39 is 0 Å². The van der Waals surface area contributed by atoms with Gasteiger partial charge in [-0.25, -0.2) is 0 Å². The fraction of sp³-hybridized carbons (Fsp3) is 0.636. The largest absolute Gasteiger partial charge is 0.377 e. The summed E-state index contributed by atoms with van der Waals surface area (Å²) in [5.74, 6) is 0. The van der Waals surface area contributed by atoms with Crippen molar-refractivity contribution in [2.45, 2.75) is 38.3 Å². The Kier molecular flexibility index (Phi) is 4.59. The fourth-order valence-corrected chi connectivity index (χ4v) is 2.60. The average molecular weight is 248 g/mol. The second kappa shape index (κ2) is 5.30. The first-order chi connectivity index (χ1) is 7.01. The van der Waals surface area contributed by atoms with Crippen LogP contribution in [0.2, 0.25) is 4.34 Å². The molecule has 1 heterocycles. The van der Waals surface area contributed by atoms with E-state index in [1.54, 1.807) is 18.4 Å². The Morgan fingerprint density at radius 3 is 2.67 bits per heavy atom. The van der Waals surface area contributed by atoms with Crippen LogP contribution in [0.3, 0.4) is 0 Å². The van der Waals surface area contributed by atoms with Crippen LogP contribution in [0.5, 0.6) is 0 Å². The Bertz CT molecular complexity index is 309. The van der Waals surface area contributed by atoms with Crippen LogP contribution >= 0.6 is 22.9 Å². The molecule has 1 aromatic rings. The van der Waals surface area contributed by atoms with Crippen molar-refractivity contribution in [1.29, 1.82) is 0 Å². The molecule has 0 spiro atoms. The molecule has 0 bridgehead atoms. The molecule has 1 rings (SSSR count). The van der Waals surface area contributed by atoms with Crippen molar-refractivity contribution in [3.8, 4) is 0 Å². The van der Waals surface area contributed by atoms with E-state index in [2.05, 4.69) is 6.92 Å². The third-order valence-corrected chi connectivity index (χ3v) is 4.26. The molecular formula is C11H18ClNOS. The van der Waals surface area contributed by atoms with Gasteiger partial charge in [-0.15, -0.1) is 11.3 Å². The minimum atomic E-state index is -0.254. The van der Waals surface area contributed by atoms with Crippen molar-refractivity contribution in [2.24, 2.45) is 5.73 Å². The first-order valence-electron chi connectivity index (χ1n) is 5.06. The Morgan fingerprint density at radius 1 is 1.60 bits per heavy atom. The standard InChI is InChI=1S/C11H18ClNOS/c1-4-11(2,14-3)9(13)7-8-5-6-10(12)15-8/h5-6,9H,4,7,13H2,1-3H3. The number of hydrogen-bond donors (Lipinski definition) is 1. The van der Waals surface area contributed by atoms with Gasteiger partial charge in [0.25, 0.3) is 0 Å². The number of ether oxygens (including phenoxy) is 1. The Morgan fingerprint density at radius 2 is 2.27 bits per heavy atom. The van der Waals surface area contributed by atoms with E-state index in [0.717, 1.165) is 17.2 Å². The predicted octanol–water partition coefficient (Wildman–Crippen LogP) is 3.09. The zero-order valence-electron chi connectivity index (χ0n) is 9.42.